The SMILES string of the molecule is CC(=O)N(Cc1cccc(-c2ccc(CNCCc3ccccc3)cc2)c1)C1CCN(Cc2ccccc2)CC1.O=C(O)C(F)(F)F. The van der Waals surface area contributed by atoms with Crippen LogP contribution < -0.4 is 5.32 Å². The maximum atomic E-state index is 12.7. The molecule has 47 heavy (non-hydrogen) atoms. The van der Waals surface area contributed by atoms with Gasteiger partial charge >= 0.3 is 12.1 Å². The Hall–Kier alpha value is -4.47. The average molecular weight is 646 g/mol. The predicted octanol–water partition coefficient (Wildman–Crippen LogP) is 7.33. The molecule has 5 rings (SSSR count). The summed E-state index contributed by atoms with van der Waals surface area (Å²) in [5.41, 5.74) is 7.59. The van der Waals surface area contributed by atoms with Gasteiger partial charge in [-0.05, 0) is 65.3 Å². The van der Waals surface area contributed by atoms with Crippen molar-refractivity contribution < 1.29 is 27.9 Å². The molecule has 0 spiro atoms. The molecule has 1 aliphatic heterocycles. The molecule has 6 nitrogen and oxygen atoms in total. The Morgan fingerprint density at radius 2 is 1.36 bits per heavy atom. The number of likely N-dealkylation sites (tertiary alicyclic amines) is 1. The molecule has 0 aromatic heterocycles. The Kier molecular flexibility index (Phi) is 13.1. The number of hydrogen-bond donors (Lipinski definition) is 2. The van der Waals surface area contributed by atoms with Crippen LogP contribution in [0.2, 0.25) is 0 Å². The highest BCUT2D eigenvalue weighted by Crippen LogP contribution is 2.25. The first kappa shape index (κ1) is 35.4. The van der Waals surface area contributed by atoms with E-state index in [1.807, 2.05) is 0 Å². The number of halogens is 3. The molecule has 0 unspecified atom stereocenters. The van der Waals surface area contributed by atoms with E-state index in [0.717, 1.165) is 52.0 Å². The number of amides is 1. The Morgan fingerprint density at radius 1 is 0.787 bits per heavy atom. The fourth-order valence-electron chi connectivity index (χ4n) is 5.70. The molecule has 1 fully saturated rings. The smallest absolute Gasteiger partial charge is 0.475 e. The van der Waals surface area contributed by atoms with Crippen molar-refractivity contribution in [1.29, 1.82) is 0 Å². The van der Waals surface area contributed by atoms with Gasteiger partial charge in [-0.25, -0.2) is 4.79 Å². The molecular formula is C38H42F3N3O3. The minimum Gasteiger partial charge on any atom is -0.475 e. The summed E-state index contributed by atoms with van der Waals surface area (Å²) in [6, 6.07) is 39.1. The first-order valence-corrected chi connectivity index (χ1v) is 15.8. The summed E-state index contributed by atoms with van der Waals surface area (Å²) in [5.74, 6) is -2.59. The number of nitrogens with one attached hydrogen (secondary N) is 1. The van der Waals surface area contributed by atoms with Gasteiger partial charge in [-0.2, -0.15) is 13.2 Å². The van der Waals surface area contributed by atoms with Crippen LogP contribution in [0.25, 0.3) is 11.1 Å². The number of rotatable bonds is 11. The third-order valence-corrected chi connectivity index (χ3v) is 8.22. The van der Waals surface area contributed by atoms with E-state index >= 15 is 0 Å². The number of carboxylic acid groups (broad SMARTS) is 1. The fourth-order valence-corrected chi connectivity index (χ4v) is 5.70. The highest BCUT2D eigenvalue weighted by molar-refractivity contribution is 5.74. The summed E-state index contributed by atoms with van der Waals surface area (Å²) >= 11 is 0. The largest absolute Gasteiger partial charge is 0.490 e. The highest BCUT2D eigenvalue weighted by Gasteiger charge is 2.38. The van der Waals surface area contributed by atoms with E-state index in [1.54, 1.807) is 6.92 Å². The molecule has 9 heteroatoms. The number of carboxylic acids is 1. The van der Waals surface area contributed by atoms with Crippen LogP contribution in [0.5, 0.6) is 0 Å². The summed E-state index contributed by atoms with van der Waals surface area (Å²) in [6.07, 6.45) is -2.00. The van der Waals surface area contributed by atoms with Crippen LogP contribution in [-0.4, -0.2) is 58.6 Å². The number of piperidine rings is 1. The van der Waals surface area contributed by atoms with Crippen molar-refractivity contribution in [3.8, 4) is 11.1 Å². The standard InChI is InChI=1S/C36H41N3O.C2HF3O2/c1-29(40)39(36-20-23-38(24-21-36)27-32-11-6-3-7-12-32)28-33-13-8-14-35(25-33)34-17-15-31(16-18-34)26-37-22-19-30-9-4-2-5-10-30;3-2(4,5)1(6)7/h2-18,25,36-37H,19-24,26-28H2,1H3;(H,6,7). The van der Waals surface area contributed by atoms with Crippen molar-refractivity contribution in [1.82, 2.24) is 15.1 Å². The normalized spacial score (nSPS) is 13.8. The maximum absolute atomic E-state index is 12.7. The fraction of sp³-hybridized carbons (Fsp3) is 0.316. The molecule has 0 radical (unpaired) electrons. The number of benzene rings is 4. The Bertz CT molecular complexity index is 1540. The molecule has 2 N–H and O–H groups in total. The first-order chi connectivity index (χ1) is 22.6. The number of carbonyl (C=O) groups excluding carboxylic acids is 1. The third-order valence-electron chi connectivity index (χ3n) is 8.22. The highest BCUT2D eigenvalue weighted by atomic mass is 19.4. The number of aliphatic carboxylic acids is 1. The van der Waals surface area contributed by atoms with Gasteiger partial charge in [0, 0.05) is 45.7 Å². The zero-order valence-electron chi connectivity index (χ0n) is 26.6. The van der Waals surface area contributed by atoms with Gasteiger partial charge in [-0.3, -0.25) is 9.69 Å². The monoisotopic (exact) mass is 645 g/mol. The molecule has 1 heterocycles. The maximum Gasteiger partial charge on any atom is 0.490 e. The molecule has 248 valence electrons. The predicted molar refractivity (Wildman–Crippen MR) is 178 cm³/mol. The number of hydrogen-bond acceptors (Lipinski definition) is 4. The second-order valence-electron chi connectivity index (χ2n) is 11.8. The van der Waals surface area contributed by atoms with Crippen LogP contribution in [0.1, 0.15) is 42.0 Å². The van der Waals surface area contributed by atoms with E-state index in [4.69, 9.17) is 9.90 Å². The minimum absolute atomic E-state index is 0.163. The lowest BCUT2D eigenvalue weighted by Crippen LogP contribution is -2.46. The zero-order valence-corrected chi connectivity index (χ0v) is 26.6. The van der Waals surface area contributed by atoms with Crippen LogP contribution >= 0.6 is 0 Å². The van der Waals surface area contributed by atoms with Gasteiger partial charge in [0.25, 0.3) is 0 Å². The second-order valence-corrected chi connectivity index (χ2v) is 11.8. The van der Waals surface area contributed by atoms with Crippen molar-refractivity contribution in [3.63, 3.8) is 0 Å². The topological polar surface area (TPSA) is 72.9 Å². The average Bonchev–Trinajstić information content (AvgIpc) is 3.07. The summed E-state index contributed by atoms with van der Waals surface area (Å²) in [7, 11) is 0. The van der Waals surface area contributed by atoms with E-state index in [2.05, 4.69) is 124 Å². The summed E-state index contributed by atoms with van der Waals surface area (Å²) in [6.45, 7) is 7.24. The van der Waals surface area contributed by atoms with Gasteiger partial charge < -0.3 is 15.3 Å². The van der Waals surface area contributed by atoms with Crippen molar-refractivity contribution in [2.24, 2.45) is 0 Å². The molecule has 4 aromatic rings. The summed E-state index contributed by atoms with van der Waals surface area (Å²) < 4.78 is 31.7. The molecule has 0 saturated carbocycles. The Balaban J connectivity index is 0.000000644. The molecule has 4 aromatic carbocycles. The lowest BCUT2D eigenvalue weighted by Gasteiger charge is -2.38. The van der Waals surface area contributed by atoms with E-state index in [9.17, 15) is 18.0 Å². The van der Waals surface area contributed by atoms with Crippen molar-refractivity contribution in [2.45, 2.75) is 58.0 Å². The third kappa shape index (κ3) is 11.7. The lowest BCUT2D eigenvalue weighted by molar-refractivity contribution is -0.192. The number of alkyl halides is 3. The van der Waals surface area contributed by atoms with Gasteiger partial charge in [0.05, 0.1) is 0 Å². The lowest BCUT2D eigenvalue weighted by atomic mass is 9.99. The van der Waals surface area contributed by atoms with Gasteiger partial charge in [0.1, 0.15) is 0 Å². The van der Waals surface area contributed by atoms with Gasteiger partial charge in [0.2, 0.25) is 5.91 Å². The Morgan fingerprint density at radius 3 is 1.94 bits per heavy atom. The van der Waals surface area contributed by atoms with Crippen molar-refractivity contribution in [2.75, 3.05) is 19.6 Å². The van der Waals surface area contributed by atoms with Gasteiger partial charge in [-0.15, -0.1) is 0 Å². The molecule has 1 saturated heterocycles. The minimum atomic E-state index is -5.08. The number of carbonyl (C=O) groups is 2. The van der Waals surface area contributed by atoms with Gasteiger partial charge in [0.15, 0.2) is 0 Å². The summed E-state index contributed by atoms with van der Waals surface area (Å²) in [5, 5.41) is 10.7. The molecule has 1 amide bonds. The van der Waals surface area contributed by atoms with Crippen LogP contribution in [0.4, 0.5) is 13.2 Å². The van der Waals surface area contributed by atoms with E-state index in [1.165, 1.54) is 33.4 Å². The molecule has 0 bridgehead atoms. The van der Waals surface area contributed by atoms with E-state index < -0.39 is 12.1 Å². The van der Waals surface area contributed by atoms with Crippen molar-refractivity contribution in [3.05, 3.63) is 131 Å². The number of nitrogens with zero attached hydrogens (tertiary/aromatic N) is 2. The second kappa shape index (κ2) is 17.4. The summed E-state index contributed by atoms with van der Waals surface area (Å²) in [4.78, 5) is 26.2. The quantitative estimate of drug-likeness (QED) is 0.167. The van der Waals surface area contributed by atoms with Gasteiger partial charge in [-0.1, -0.05) is 103 Å². The van der Waals surface area contributed by atoms with Crippen molar-refractivity contribution >= 4 is 11.9 Å². The van der Waals surface area contributed by atoms with Crippen LogP contribution in [0.3, 0.4) is 0 Å². The van der Waals surface area contributed by atoms with E-state index in [0.29, 0.717) is 12.6 Å². The molecule has 1 aliphatic rings. The van der Waals surface area contributed by atoms with Crippen LogP contribution in [0, 0.1) is 0 Å². The van der Waals surface area contributed by atoms with Crippen LogP contribution in [-0.2, 0) is 35.6 Å². The molecule has 0 atom stereocenters. The zero-order chi connectivity index (χ0) is 33.6. The Labute approximate surface area is 274 Å². The molecule has 0 aliphatic carbocycles. The van der Waals surface area contributed by atoms with Crippen LogP contribution in [0.15, 0.2) is 109 Å². The first-order valence-electron chi connectivity index (χ1n) is 15.8. The molecular weight excluding hydrogens is 603 g/mol. The van der Waals surface area contributed by atoms with E-state index in [-0.39, 0.29) is 5.91 Å².